The molecular formula is C96H82N4OS. The molecule has 0 radical (unpaired) electrons. The van der Waals surface area contributed by atoms with E-state index in [2.05, 4.69) is 300 Å². The Hall–Kier alpha value is -12.2. The Morgan fingerprint density at radius 3 is 1.81 bits per heavy atom. The zero-order valence-corrected chi connectivity index (χ0v) is 59.6. The normalized spacial score (nSPS) is 12.4. The molecule has 0 atom stereocenters. The van der Waals surface area contributed by atoms with Gasteiger partial charge in [-0.15, -0.1) is 11.3 Å². The van der Waals surface area contributed by atoms with Gasteiger partial charge in [-0.05, 0) is 214 Å². The van der Waals surface area contributed by atoms with Gasteiger partial charge in [-0.3, -0.25) is 10.8 Å². The van der Waals surface area contributed by atoms with Crippen LogP contribution in [0.15, 0.2) is 328 Å². The monoisotopic (exact) mass is 1340 g/mol. The van der Waals surface area contributed by atoms with Crippen LogP contribution >= 0.6 is 11.3 Å². The van der Waals surface area contributed by atoms with Crippen LogP contribution in [0.4, 0.5) is 22.7 Å². The van der Waals surface area contributed by atoms with Gasteiger partial charge >= 0.3 is 0 Å². The maximum absolute atomic E-state index is 9.44. The molecule has 14 rings (SSSR count). The van der Waals surface area contributed by atoms with E-state index in [1.54, 1.807) is 0 Å². The minimum Gasteiger partial charge on any atom is -0.421 e. The fourth-order valence-corrected chi connectivity index (χ4v) is 14.7. The molecule has 0 unspecified atom stereocenters. The first-order valence-corrected chi connectivity index (χ1v) is 35.5. The van der Waals surface area contributed by atoms with Crippen molar-refractivity contribution in [3.8, 4) is 10.4 Å². The van der Waals surface area contributed by atoms with E-state index in [1.165, 1.54) is 64.3 Å². The molecule has 498 valence electrons. The Morgan fingerprint density at radius 2 is 1.11 bits per heavy atom. The number of ether oxygens (including phenoxy) is 1. The molecule has 0 saturated heterocycles. The molecule has 0 saturated carbocycles. The lowest BCUT2D eigenvalue weighted by atomic mass is 9.91. The second-order valence-corrected chi connectivity index (χ2v) is 27.0. The summed E-state index contributed by atoms with van der Waals surface area (Å²) in [5.41, 5.74) is 14.7. The molecule has 0 fully saturated rings. The summed E-state index contributed by atoms with van der Waals surface area (Å²) >= 11 is 1.82. The number of allylic oxidation sites excluding steroid dienone is 9. The van der Waals surface area contributed by atoms with Crippen molar-refractivity contribution >= 4 is 134 Å². The molecule has 1 heterocycles. The lowest BCUT2D eigenvalue weighted by molar-refractivity contribution is 0.539. The summed E-state index contributed by atoms with van der Waals surface area (Å²) < 4.78 is 6.26. The molecule has 0 spiro atoms. The second-order valence-electron chi connectivity index (χ2n) is 25.9. The molecule has 102 heavy (non-hydrogen) atoms. The van der Waals surface area contributed by atoms with Gasteiger partial charge in [0.15, 0.2) is 0 Å². The first kappa shape index (κ1) is 68.3. The van der Waals surface area contributed by atoms with Crippen LogP contribution in [0.5, 0.6) is 0 Å². The highest BCUT2D eigenvalue weighted by Gasteiger charge is 2.24. The van der Waals surface area contributed by atoms with Crippen molar-refractivity contribution in [2.75, 3.05) is 9.80 Å². The number of fused-ring (bicyclic) bond motifs is 4. The van der Waals surface area contributed by atoms with E-state index in [-0.39, 0.29) is 11.8 Å². The van der Waals surface area contributed by atoms with Crippen LogP contribution in [-0.4, -0.2) is 11.8 Å². The van der Waals surface area contributed by atoms with Crippen LogP contribution in [-0.2, 0) is 4.74 Å². The highest BCUT2D eigenvalue weighted by molar-refractivity contribution is 7.16. The zero-order valence-electron chi connectivity index (χ0n) is 58.8. The predicted octanol–water partition coefficient (Wildman–Crippen LogP) is 24.5. The molecular weight excluding hydrogens is 1260 g/mol. The number of rotatable bonds is 15. The van der Waals surface area contributed by atoms with Gasteiger partial charge in [0.2, 0.25) is 11.8 Å². The molecule has 2 N–H and O–H groups in total. The van der Waals surface area contributed by atoms with Gasteiger partial charge in [-0.2, -0.15) is 0 Å². The summed E-state index contributed by atoms with van der Waals surface area (Å²) in [7, 11) is 0. The summed E-state index contributed by atoms with van der Waals surface area (Å²) in [5, 5.41) is 35.3. The van der Waals surface area contributed by atoms with Crippen molar-refractivity contribution in [1.82, 2.24) is 0 Å². The van der Waals surface area contributed by atoms with Crippen LogP contribution < -0.4 is 25.5 Å². The van der Waals surface area contributed by atoms with E-state index in [1.807, 2.05) is 98.0 Å². The Morgan fingerprint density at radius 1 is 0.500 bits per heavy atom. The Kier molecular flexibility index (Phi) is 20.7. The standard InChI is InChI=1S/C50H43NS.C46H39N3O/c1-7-9-16-40(8-2)51(41-26-21-35(5)22-27-41)47-20-13-11-10-12-19-46(44-17-14-15-18-45(44)47)48-30-28-42(52-48)33-39-24-23-37-31-36(6)32-38-25-29-43(34(3)4)50(39)49(37)38;1-4-31(2)14-13-29-49(35-26-21-32(3)22-27-35)44-39-19-11-9-17-37(39)43(38-18-10-12-20-40(38)44)46(48)50-45(47)41-28-25-34-24-23-33-15-7-5-6-8-16-36(41)42(34)30-33/h7-33H,2-3H2,1,4-6H3;4-9,11,13-30,47-48H,1,10,12H2,2-3H3/b9-7+,11-10?,12-10?,13-11?,19-12?,20-13?,39-33+,40-16+,46-19?,46-44?,47-20?,47-45?;6-5?,7-5?,8-6?,15-7?,16-8?,29-13+,31-14-,33-15?,36-16?,47-45?,48-46?. The third kappa shape index (κ3) is 14.5. The molecule has 0 aliphatic heterocycles. The molecule has 1 aromatic heterocycles. The van der Waals surface area contributed by atoms with E-state index in [9.17, 15) is 10.8 Å². The number of aryl methyl sites for hydroxylation is 3. The molecule has 6 heteroatoms. The van der Waals surface area contributed by atoms with Crippen LogP contribution in [0, 0.1) is 31.6 Å². The van der Waals surface area contributed by atoms with Gasteiger partial charge < -0.3 is 14.5 Å². The number of hydrogen-bond acceptors (Lipinski definition) is 6. The fraction of sp³-hybridized carbons (Fsp3) is 0.0833. The summed E-state index contributed by atoms with van der Waals surface area (Å²) in [5.74, 6) is -0.107. The maximum Gasteiger partial charge on any atom is 0.222 e. The van der Waals surface area contributed by atoms with E-state index in [0.717, 1.165) is 106 Å². The number of hydrogen-bond donors (Lipinski definition) is 2. The maximum atomic E-state index is 9.44. The highest BCUT2D eigenvalue weighted by atomic mass is 32.1. The molecule has 13 aromatic rings. The minimum atomic E-state index is -0.0613. The zero-order chi connectivity index (χ0) is 70.8. The van der Waals surface area contributed by atoms with Crippen molar-refractivity contribution < 1.29 is 4.74 Å². The summed E-state index contributed by atoms with van der Waals surface area (Å²) in [4.78, 5) is 6.95. The fourth-order valence-electron chi connectivity index (χ4n) is 13.7. The van der Waals surface area contributed by atoms with E-state index < -0.39 is 0 Å². The number of benzene rings is 10. The van der Waals surface area contributed by atoms with Gasteiger partial charge in [-0.25, -0.2) is 0 Å². The minimum absolute atomic E-state index is 0.0461. The van der Waals surface area contributed by atoms with E-state index in [0.29, 0.717) is 11.1 Å². The molecule has 12 aromatic carbocycles. The quantitative estimate of drug-likeness (QED) is 0.0611. The van der Waals surface area contributed by atoms with Crippen LogP contribution in [0.2, 0.25) is 0 Å². The summed E-state index contributed by atoms with van der Waals surface area (Å²) in [6.45, 7) is 25.1. The highest BCUT2D eigenvalue weighted by Crippen LogP contribution is 2.41. The van der Waals surface area contributed by atoms with Crippen molar-refractivity contribution in [3.05, 3.63) is 382 Å². The average molecular weight is 1340 g/mol. The van der Waals surface area contributed by atoms with Gasteiger partial charge in [-0.1, -0.05) is 273 Å². The third-order valence-corrected chi connectivity index (χ3v) is 19.8. The topological polar surface area (TPSA) is 63.4 Å². The molecule has 2 bridgehead atoms. The molecule has 1 aliphatic rings. The van der Waals surface area contributed by atoms with Crippen LogP contribution in [0.1, 0.15) is 71.9 Å². The molecule has 0 amide bonds. The van der Waals surface area contributed by atoms with Crippen LogP contribution in [0.3, 0.4) is 0 Å². The second kappa shape index (κ2) is 30.9. The van der Waals surface area contributed by atoms with Gasteiger partial charge in [0.25, 0.3) is 0 Å². The Balaban J connectivity index is 0.000000182. The number of nitrogens with zero attached hydrogens (tertiary/aromatic N) is 2. The largest absolute Gasteiger partial charge is 0.421 e. The average Bonchev–Trinajstić information content (AvgIpc) is 1.07. The van der Waals surface area contributed by atoms with Crippen molar-refractivity contribution in [1.29, 1.82) is 10.8 Å². The Labute approximate surface area is 603 Å². The van der Waals surface area contributed by atoms with E-state index in [4.69, 9.17) is 4.74 Å². The van der Waals surface area contributed by atoms with E-state index >= 15 is 0 Å². The third-order valence-electron chi connectivity index (χ3n) is 18.7. The first-order valence-electron chi connectivity index (χ1n) is 34.7. The summed E-state index contributed by atoms with van der Waals surface area (Å²) in [6.07, 6.45) is 24.8. The van der Waals surface area contributed by atoms with Crippen LogP contribution in [0.25, 0.3) is 98.9 Å². The Bertz CT molecular complexity index is 5890. The number of thiophene rings is 1. The van der Waals surface area contributed by atoms with Crippen molar-refractivity contribution in [3.63, 3.8) is 0 Å². The van der Waals surface area contributed by atoms with Gasteiger partial charge in [0.05, 0.1) is 16.9 Å². The molecule has 5 nitrogen and oxygen atoms in total. The predicted molar refractivity (Wildman–Crippen MR) is 444 cm³/mol. The van der Waals surface area contributed by atoms with Gasteiger partial charge in [0, 0.05) is 54.6 Å². The SMILES string of the molecule is C=C/C(=C\C=C\C)N(c1ccc(C)cc1)c1ccccccc(-c2ccc(/C=c3\ccc4cc(C)cc5ccc(C(=C)C)c3c54)s2)c2ccccc12.C=C/C(C)=C\C=C\N(c1ccc(C)cc1)c1c2c(c(C(=N)OC(=N)c3ccc4ccc5ccccccc3c4c5)c3ccccc13)=CCCC=2. The smallest absolute Gasteiger partial charge is 0.222 e. The lowest BCUT2D eigenvalue weighted by Gasteiger charge is -2.27. The molecule has 1 aliphatic carbocycles. The van der Waals surface area contributed by atoms with Crippen molar-refractivity contribution in [2.45, 2.75) is 54.4 Å². The lowest BCUT2D eigenvalue weighted by Crippen LogP contribution is -2.37. The number of anilines is 4. The summed E-state index contributed by atoms with van der Waals surface area (Å²) in [6, 6.07) is 87.6. The van der Waals surface area contributed by atoms with Gasteiger partial charge in [0.1, 0.15) is 0 Å². The first-order chi connectivity index (χ1) is 49.8. The van der Waals surface area contributed by atoms with Crippen molar-refractivity contribution in [2.24, 2.45) is 0 Å². The number of nitrogens with one attached hydrogen (secondary N) is 2.